The van der Waals surface area contributed by atoms with Gasteiger partial charge in [-0.2, -0.15) is 0 Å². The van der Waals surface area contributed by atoms with E-state index in [4.69, 9.17) is 9.47 Å². The standard InChI is InChI=1S/C21H21N3O5/c25-19(22-11-15-7-9-17-18(10-15)29-13-28-17)12-24-20(26)16(23-21(24)27)8-6-14-4-2-1-3-5-14/h1-5,7,9-10,16H,6,8,11-13H2,(H,22,25)(H,23,27)/t16-/m1/s1. The van der Waals surface area contributed by atoms with E-state index in [-0.39, 0.29) is 25.8 Å². The zero-order valence-corrected chi connectivity index (χ0v) is 15.7. The van der Waals surface area contributed by atoms with Gasteiger partial charge in [0.2, 0.25) is 12.7 Å². The molecule has 0 saturated carbocycles. The highest BCUT2D eigenvalue weighted by Crippen LogP contribution is 2.32. The number of rotatable bonds is 7. The van der Waals surface area contributed by atoms with Crippen LogP contribution in [0.5, 0.6) is 11.5 Å². The van der Waals surface area contributed by atoms with Crippen molar-refractivity contribution in [3.63, 3.8) is 0 Å². The van der Waals surface area contributed by atoms with Crippen molar-refractivity contribution in [2.75, 3.05) is 13.3 Å². The molecule has 2 aliphatic heterocycles. The van der Waals surface area contributed by atoms with Crippen LogP contribution in [0.1, 0.15) is 17.5 Å². The Kier molecular flexibility index (Phi) is 5.33. The largest absolute Gasteiger partial charge is 0.454 e. The number of fused-ring (bicyclic) bond motifs is 1. The number of benzene rings is 2. The molecule has 29 heavy (non-hydrogen) atoms. The van der Waals surface area contributed by atoms with Crippen molar-refractivity contribution < 1.29 is 23.9 Å². The van der Waals surface area contributed by atoms with Gasteiger partial charge in [-0.25, -0.2) is 4.79 Å². The van der Waals surface area contributed by atoms with Crippen molar-refractivity contribution in [1.82, 2.24) is 15.5 Å². The van der Waals surface area contributed by atoms with Crippen LogP contribution in [0, 0.1) is 0 Å². The van der Waals surface area contributed by atoms with Crippen molar-refractivity contribution in [3.8, 4) is 11.5 Å². The van der Waals surface area contributed by atoms with E-state index in [9.17, 15) is 14.4 Å². The maximum atomic E-state index is 12.5. The number of carbonyl (C=O) groups excluding carboxylic acids is 3. The average molecular weight is 395 g/mol. The fraction of sp³-hybridized carbons (Fsp3) is 0.286. The molecule has 0 spiro atoms. The normalized spacial score (nSPS) is 17.4. The Morgan fingerprint density at radius 1 is 1.07 bits per heavy atom. The number of urea groups is 1. The monoisotopic (exact) mass is 395 g/mol. The Labute approximate surface area is 167 Å². The van der Waals surface area contributed by atoms with E-state index in [1.54, 1.807) is 12.1 Å². The molecule has 1 saturated heterocycles. The summed E-state index contributed by atoms with van der Waals surface area (Å²) in [6.45, 7) is 0.135. The minimum Gasteiger partial charge on any atom is -0.454 e. The molecule has 4 rings (SSSR count). The number of hydrogen-bond acceptors (Lipinski definition) is 5. The zero-order valence-electron chi connectivity index (χ0n) is 15.7. The topological polar surface area (TPSA) is 97.0 Å². The fourth-order valence-corrected chi connectivity index (χ4v) is 3.33. The molecule has 2 heterocycles. The third-order valence-corrected chi connectivity index (χ3v) is 4.90. The fourth-order valence-electron chi connectivity index (χ4n) is 3.33. The Bertz CT molecular complexity index is 931. The van der Waals surface area contributed by atoms with E-state index >= 15 is 0 Å². The summed E-state index contributed by atoms with van der Waals surface area (Å²) in [6.07, 6.45) is 1.16. The SMILES string of the molecule is O=C(CN1C(=O)N[C@H](CCc2ccccc2)C1=O)NCc1ccc2c(c1)OCO2. The summed E-state index contributed by atoms with van der Waals surface area (Å²) < 4.78 is 10.6. The van der Waals surface area contributed by atoms with Crippen LogP contribution in [-0.4, -0.2) is 42.1 Å². The summed E-state index contributed by atoms with van der Waals surface area (Å²) >= 11 is 0. The molecule has 0 bridgehead atoms. The highest BCUT2D eigenvalue weighted by molar-refractivity contribution is 6.06. The summed E-state index contributed by atoms with van der Waals surface area (Å²) in [5.74, 6) is 0.520. The van der Waals surface area contributed by atoms with Gasteiger partial charge >= 0.3 is 6.03 Å². The lowest BCUT2D eigenvalue weighted by Gasteiger charge is -2.13. The molecule has 2 N–H and O–H groups in total. The molecule has 8 heteroatoms. The minimum absolute atomic E-state index is 0.183. The molecule has 2 aliphatic rings. The predicted octanol–water partition coefficient (Wildman–Crippen LogP) is 1.58. The molecule has 0 aromatic heterocycles. The molecule has 1 fully saturated rings. The number of hydrogen-bond donors (Lipinski definition) is 2. The summed E-state index contributed by atoms with van der Waals surface area (Å²) in [5.41, 5.74) is 1.93. The third kappa shape index (κ3) is 4.31. The maximum Gasteiger partial charge on any atom is 0.325 e. The first kappa shape index (κ1) is 18.8. The summed E-state index contributed by atoms with van der Waals surface area (Å²) in [6, 6.07) is 14.0. The predicted molar refractivity (Wildman–Crippen MR) is 103 cm³/mol. The molecule has 0 unspecified atom stereocenters. The number of imide groups is 1. The van der Waals surface area contributed by atoms with Crippen molar-refractivity contribution >= 4 is 17.8 Å². The lowest BCUT2D eigenvalue weighted by Crippen LogP contribution is -2.41. The quantitative estimate of drug-likeness (QED) is 0.694. The van der Waals surface area contributed by atoms with Gasteiger partial charge in [0.15, 0.2) is 11.5 Å². The van der Waals surface area contributed by atoms with Gasteiger partial charge in [-0.3, -0.25) is 14.5 Å². The molecular weight excluding hydrogens is 374 g/mol. The summed E-state index contributed by atoms with van der Waals surface area (Å²) in [4.78, 5) is 37.8. The van der Waals surface area contributed by atoms with Gasteiger partial charge in [-0.1, -0.05) is 36.4 Å². The molecule has 0 radical (unpaired) electrons. The first-order chi connectivity index (χ1) is 14.1. The molecule has 150 valence electrons. The minimum atomic E-state index is -0.607. The Morgan fingerprint density at radius 2 is 1.86 bits per heavy atom. The van der Waals surface area contributed by atoms with E-state index in [2.05, 4.69) is 10.6 Å². The molecule has 4 amide bonds. The molecule has 1 atom stereocenters. The van der Waals surface area contributed by atoms with Crippen LogP contribution >= 0.6 is 0 Å². The van der Waals surface area contributed by atoms with Crippen LogP contribution in [0.15, 0.2) is 48.5 Å². The van der Waals surface area contributed by atoms with Crippen LogP contribution in [0.2, 0.25) is 0 Å². The Hall–Kier alpha value is -3.55. The van der Waals surface area contributed by atoms with Crippen molar-refractivity contribution in [1.29, 1.82) is 0 Å². The first-order valence-corrected chi connectivity index (χ1v) is 9.41. The number of carbonyl (C=O) groups is 3. The van der Waals surface area contributed by atoms with Crippen LogP contribution in [0.4, 0.5) is 4.79 Å². The van der Waals surface area contributed by atoms with Gasteiger partial charge in [-0.05, 0) is 36.1 Å². The van der Waals surface area contributed by atoms with Gasteiger partial charge < -0.3 is 20.1 Å². The Morgan fingerprint density at radius 3 is 2.69 bits per heavy atom. The van der Waals surface area contributed by atoms with Crippen molar-refractivity contribution in [2.24, 2.45) is 0 Å². The maximum absolute atomic E-state index is 12.5. The highest BCUT2D eigenvalue weighted by Gasteiger charge is 2.38. The number of aryl methyl sites for hydroxylation is 1. The third-order valence-electron chi connectivity index (χ3n) is 4.90. The van der Waals surface area contributed by atoms with E-state index < -0.39 is 18.0 Å². The van der Waals surface area contributed by atoms with E-state index in [0.717, 1.165) is 16.0 Å². The van der Waals surface area contributed by atoms with Gasteiger partial charge in [0.25, 0.3) is 5.91 Å². The average Bonchev–Trinajstić information content (AvgIpc) is 3.31. The highest BCUT2D eigenvalue weighted by atomic mass is 16.7. The lowest BCUT2D eigenvalue weighted by molar-refractivity contribution is -0.132. The first-order valence-electron chi connectivity index (χ1n) is 9.41. The second-order valence-corrected chi connectivity index (χ2v) is 6.92. The molecule has 0 aliphatic carbocycles. The smallest absolute Gasteiger partial charge is 0.325 e. The lowest BCUT2D eigenvalue weighted by atomic mass is 10.1. The van der Waals surface area contributed by atoms with Gasteiger partial charge in [0, 0.05) is 6.54 Å². The van der Waals surface area contributed by atoms with Crippen LogP contribution in [0.25, 0.3) is 0 Å². The molecular formula is C21H21N3O5. The van der Waals surface area contributed by atoms with E-state index in [1.165, 1.54) is 0 Å². The van der Waals surface area contributed by atoms with Gasteiger partial charge in [0.1, 0.15) is 12.6 Å². The van der Waals surface area contributed by atoms with E-state index in [0.29, 0.717) is 24.3 Å². The summed E-state index contributed by atoms with van der Waals surface area (Å²) in [5, 5.41) is 5.38. The molecule has 2 aromatic carbocycles. The van der Waals surface area contributed by atoms with Crippen LogP contribution in [-0.2, 0) is 22.6 Å². The van der Waals surface area contributed by atoms with Crippen LogP contribution in [0.3, 0.4) is 0 Å². The number of ether oxygens (including phenoxy) is 2. The number of nitrogens with one attached hydrogen (secondary N) is 2. The molecule has 2 aromatic rings. The van der Waals surface area contributed by atoms with Gasteiger partial charge in [0.05, 0.1) is 0 Å². The number of amides is 4. The second-order valence-electron chi connectivity index (χ2n) is 6.92. The Balaban J connectivity index is 1.27. The van der Waals surface area contributed by atoms with Crippen molar-refractivity contribution in [3.05, 3.63) is 59.7 Å². The zero-order chi connectivity index (χ0) is 20.2. The summed E-state index contributed by atoms with van der Waals surface area (Å²) in [7, 11) is 0. The van der Waals surface area contributed by atoms with Gasteiger partial charge in [-0.15, -0.1) is 0 Å². The van der Waals surface area contributed by atoms with Crippen molar-refractivity contribution in [2.45, 2.75) is 25.4 Å². The number of nitrogens with zero attached hydrogens (tertiary/aromatic N) is 1. The van der Waals surface area contributed by atoms with E-state index in [1.807, 2.05) is 36.4 Å². The second kappa shape index (κ2) is 8.22. The molecule has 8 nitrogen and oxygen atoms in total. The van der Waals surface area contributed by atoms with Crippen LogP contribution < -0.4 is 20.1 Å².